The van der Waals surface area contributed by atoms with Gasteiger partial charge in [0.2, 0.25) is 0 Å². The van der Waals surface area contributed by atoms with Gasteiger partial charge < -0.3 is 0 Å². The average molecular weight is 275 g/mol. The molecule has 2 aromatic rings. The molecule has 0 saturated heterocycles. The van der Waals surface area contributed by atoms with Gasteiger partial charge in [0.15, 0.2) is 0 Å². The van der Waals surface area contributed by atoms with Crippen LogP contribution in [0.15, 0.2) is 40.9 Å². The highest BCUT2D eigenvalue weighted by Crippen LogP contribution is 2.35. The van der Waals surface area contributed by atoms with Crippen molar-refractivity contribution in [3.63, 3.8) is 0 Å². The van der Waals surface area contributed by atoms with Crippen LogP contribution in [-0.2, 0) is 6.18 Å². The Balaban J connectivity index is 2.80. The average Bonchev–Trinajstić information content (AvgIpc) is 2.15. The Bertz CT molecular complexity index is 503. The van der Waals surface area contributed by atoms with Gasteiger partial charge in [0.25, 0.3) is 0 Å². The minimum atomic E-state index is -4.31. The van der Waals surface area contributed by atoms with Gasteiger partial charge in [-0.1, -0.05) is 34.1 Å². The Morgan fingerprint density at radius 2 is 1.73 bits per heavy atom. The number of fused-ring (bicyclic) bond motifs is 1. The molecule has 0 nitrogen and oxygen atoms in total. The minimum absolute atomic E-state index is 0.222. The largest absolute Gasteiger partial charge is 0.417 e. The molecule has 78 valence electrons. The van der Waals surface area contributed by atoms with Crippen molar-refractivity contribution in [1.82, 2.24) is 0 Å². The van der Waals surface area contributed by atoms with Gasteiger partial charge in [-0.05, 0) is 29.0 Å². The quantitative estimate of drug-likeness (QED) is 0.658. The zero-order chi connectivity index (χ0) is 11.1. The van der Waals surface area contributed by atoms with Crippen LogP contribution in [-0.4, -0.2) is 0 Å². The van der Waals surface area contributed by atoms with E-state index in [0.717, 1.165) is 6.07 Å². The molecular formula is C11H6BrF3. The summed E-state index contributed by atoms with van der Waals surface area (Å²) in [5.74, 6) is 0. The number of rotatable bonds is 0. The fourth-order valence-corrected chi connectivity index (χ4v) is 1.85. The first kappa shape index (κ1) is 10.5. The molecule has 0 saturated carbocycles. The Labute approximate surface area is 92.8 Å². The van der Waals surface area contributed by atoms with E-state index in [1.807, 2.05) is 0 Å². The second-order valence-electron chi connectivity index (χ2n) is 3.17. The van der Waals surface area contributed by atoms with Crippen LogP contribution in [0.2, 0.25) is 0 Å². The molecule has 0 unspecified atom stereocenters. The smallest absolute Gasteiger partial charge is 0.166 e. The molecule has 15 heavy (non-hydrogen) atoms. The number of hydrogen-bond acceptors (Lipinski definition) is 0. The van der Waals surface area contributed by atoms with Crippen molar-refractivity contribution in [2.75, 3.05) is 0 Å². The number of hydrogen-bond donors (Lipinski definition) is 0. The summed E-state index contributed by atoms with van der Waals surface area (Å²) in [5.41, 5.74) is -0.596. The normalized spacial score (nSPS) is 12.0. The van der Waals surface area contributed by atoms with Crippen molar-refractivity contribution in [1.29, 1.82) is 0 Å². The Hall–Kier alpha value is -1.03. The second-order valence-corrected chi connectivity index (χ2v) is 4.08. The highest BCUT2D eigenvalue weighted by Gasteiger charge is 2.32. The minimum Gasteiger partial charge on any atom is -0.166 e. The maximum absolute atomic E-state index is 12.6. The summed E-state index contributed by atoms with van der Waals surface area (Å²) >= 11 is 3.17. The Morgan fingerprint density at radius 1 is 1.00 bits per heavy atom. The summed E-state index contributed by atoms with van der Waals surface area (Å²) in [6, 6.07) is 9.04. The third-order valence-corrected chi connectivity index (χ3v) is 2.64. The van der Waals surface area contributed by atoms with E-state index < -0.39 is 11.7 Å². The molecule has 0 fully saturated rings. The lowest BCUT2D eigenvalue weighted by Crippen LogP contribution is -2.05. The van der Waals surface area contributed by atoms with Crippen molar-refractivity contribution < 1.29 is 13.2 Å². The van der Waals surface area contributed by atoms with Crippen LogP contribution in [0, 0.1) is 0 Å². The predicted molar refractivity (Wildman–Crippen MR) is 56.7 cm³/mol. The highest BCUT2D eigenvalue weighted by atomic mass is 79.9. The molecule has 0 heterocycles. The molecule has 0 radical (unpaired) electrons. The van der Waals surface area contributed by atoms with E-state index in [9.17, 15) is 13.2 Å². The molecule has 0 amide bonds. The third kappa shape index (κ3) is 2.00. The maximum Gasteiger partial charge on any atom is 0.417 e. The number of alkyl halides is 3. The van der Waals surface area contributed by atoms with E-state index in [0.29, 0.717) is 9.86 Å². The Kier molecular flexibility index (Phi) is 2.46. The summed E-state index contributed by atoms with van der Waals surface area (Å²) in [6.07, 6.45) is -4.31. The molecule has 0 aromatic heterocycles. The van der Waals surface area contributed by atoms with Gasteiger partial charge in [-0.2, -0.15) is 13.2 Å². The maximum atomic E-state index is 12.6. The summed E-state index contributed by atoms with van der Waals surface area (Å²) in [4.78, 5) is 0. The fraction of sp³-hybridized carbons (Fsp3) is 0.0909. The van der Waals surface area contributed by atoms with Gasteiger partial charge in [-0.25, -0.2) is 0 Å². The summed E-state index contributed by atoms with van der Waals surface area (Å²) in [5, 5.41) is 0.812. The molecule has 0 aliphatic rings. The molecule has 2 rings (SSSR count). The summed E-state index contributed by atoms with van der Waals surface area (Å²) < 4.78 is 38.5. The van der Waals surface area contributed by atoms with Crippen LogP contribution in [0.4, 0.5) is 13.2 Å². The van der Waals surface area contributed by atoms with Gasteiger partial charge in [-0.15, -0.1) is 0 Å². The van der Waals surface area contributed by atoms with Crippen molar-refractivity contribution in [3.8, 4) is 0 Å². The summed E-state index contributed by atoms with van der Waals surface area (Å²) in [7, 11) is 0. The third-order valence-electron chi connectivity index (χ3n) is 2.15. The van der Waals surface area contributed by atoms with Crippen LogP contribution in [0.1, 0.15) is 5.56 Å². The lowest BCUT2D eigenvalue weighted by Gasteiger charge is -2.10. The van der Waals surface area contributed by atoms with E-state index >= 15 is 0 Å². The van der Waals surface area contributed by atoms with Crippen LogP contribution < -0.4 is 0 Å². The zero-order valence-electron chi connectivity index (χ0n) is 7.48. The predicted octanol–water partition coefficient (Wildman–Crippen LogP) is 4.62. The van der Waals surface area contributed by atoms with Crippen LogP contribution >= 0.6 is 15.9 Å². The molecule has 0 bridgehead atoms. The van der Waals surface area contributed by atoms with Crippen LogP contribution in [0.25, 0.3) is 10.8 Å². The first-order valence-corrected chi connectivity index (χ1v) is 5.03. The van der Waals surface area contributed by atoms with E-state index in [4.69, 9.17) is 0 Å². The van der Waals surface area contributed by atoms with E-state index in [-0.39, 0.29) is 5.39 Å². The molecule has 0 aliphatic carbocycles. The van der Waals surface area contributed by atoms with Gasteiger partial charge >= 0.3 is 6.18 Å². The van der Waals surface area contributed by atoms with E-state index in [2.05, 4.69) is 15.9 Å². The van der Waals surface area contributed by atoms with Crippen molar-refractivity contribution in [2.45, 2.75) is 6.18 Å². The monoisotopic (exact) mass is 274 g/mol. The fourth-order valence-electron chi connectivity index (χ4n) is 1.49. The van der Waals surface area contributed by atoms with Crippen molar-refractivity contribution in [2.24, 2.45) is 0 Å². The van der Waals surface area contributed by atoms with Gasteiger partial charge in [0.1, 0.15) is 0 Å². The molecule has 2 aromatic carbocycles. The second kappa shape index (κ2) is 3.52. The zero-order valence-corrected chi connectivity index (χ0v) is 9.06. The number of halogens is 4. The first-order valence-electron chi connectivity index (χ1n) is 4.24. The number of benzene rings is 2. The molecular weight excluding hydrogens is 269 g/mol. The van der Waals surface area contributed by atoms with Gasteiger partial charge in [-0.3, -0.25) is 0 Å². The van der Waals surface area contributed by atoms with Gasteiger partial charge in [0.05, 0.1) is 5.56 Å². The van der Waals surface area contributed by atoms with Crippen LogP contribution in [0.5, 0.6) is 0 Å². The first-order chi connectivity index (χ1) is 6.98. The molecule has 0 spiro atoms. The molecule has 0 N–H and O–H groups in total. The highest BCUT2D eigenvalue weighted by molar-refractivity contribution is 9.10. The van der Waals surface area contributed by atoms with Crippen molar-refractivity contribution in [3.05, 3.63) is 46.4 Å². The SMILES string of the molecule is FC(F)(F)c1cccc2ccc(Br)cc12. The van der Waals surface area contributed by atoms with Crippen LogP contribution in [0.3, 0.4) is 0 Å². The topological polar surface area (TPSA) is 0 Å². The van der Waals surface area contributed by atoms with Crippen molar-refractivity contribution >= 4 is 26.7 Å². The lowest BCUT2D eigenvalue weighted by atomic mass is 10.0. The molecule has 0 aliphatic heterocycles. The van der Waals surface area contributed by atoms with E-state index in [1.54, 1.807) is 18.2 Å². The van der Waals surface area contributed by atoms with E-state index in [1.165, 1.54) is 12.1 Å². The Morgan fingerprint density at radius 3 is 2.40 bits per heavy atom. The summed E-state index contributed by atoms with van der Waals surface area (Å²) in [6.45, 7) is 0. The lowest BCUT2D eigenvalue weighted by molar-refractivity contribution is -0.136. The molecule has 4 heteroatoms. The molecule has 0 atom stereocenters. The van der Waals surface area contributed by atoms with Gasteiger partial charge in [0, 0.05) is 4.47 Å². The standard InChI is InChI=1S/C11H6BrF3/c12-8-5-4-7-2-1-3-10(9(7)6-8)11(13,14)15/h1-6H.